The van der Waals surface area contributed by atoms with E-state index in [1.165, 1.54) is 0 Å². The lowest BCUT2D eigenvalue weighted by Crippen LogP contribution is -2.18. The van der Waals surface area contributed by atoms with Crippen molar-refractivity contribution in [2.75, 3.05) is 13.2 Å². The summed E-state index contributed by atoms with van der Waals surface area (Å²) in [5, 5.41) is 0. The fourth-order valence-corrected chi connectivity index (χ4v) is 1.49. The number of hydrogen-bond donors (Lipinski definition) is 1. The molecule has 0 saturated carbocycles. The monoisotopic (exact) mass is 191 g/mol. The maximum atomic E-state index is 5.86. The summed E-state index contributed by atoms with van der Waals surface area (Å²) >= 11 is 0. The zero-order valence-corrected chi connectivity index (χ0v) is 7.90. The number of nitrogens with two attached hydrogens (primary N) is 1. The standard InChI is InChI=1S/C11H13NO2/c1-2-9(12)8-4-3-5-10-11(8)14-7-6-13-10/h2-5,9H,1,6-7,12H2. The second-order valence-corrected chi connectivity index (χ2v) is 3.13. The van der Waals surface area contributed by atoms with Crippen LogP contribution >= 0.6 is 0 Å². The Bertz CT molecular complexity index is 349. The molecule has 1 aliphatic heterocycles. The molecule has 1 aromatic carbocycles. The maximum Gasteiger partial charge on any atom is 0.166 e. The Balaban J connectivity index is 2.44. The first-order valence-electron chi connectivity index (χ1n) is 4.59. The van der Waals surface area contributed by atoms with Gasteiger partial charge in [-0.25, -0.2) is 0 Å². The lowest BCUT2D eigenvalue weighted by Gasteiger charge is -2.22. The Morgan fingerprint density at radius 3 is 2.93 bits per heavy atom. The second-order valence-electron chi connectivity index (χ2n) is 3.13. The van der Waals surface area contributed by atoms with Crippen molar-refractivity contribution < 1.29 is 9.47 Å². The zero-order valence-electron chi connectivity index (χ0n) is 7.90. The van der Waals surface area contributed by atoms with Gasteiger partial charge in [-0.1, -0.05) is 18.2 Å². The van der Waals surface area contributed by atoms with Crippen LogP contribution in [0.3, 0.4) is 0 Å². The molecule has 1 atom stereocenters. The molecule has 0 fully saturated rings. The van der Waals surface area contributed by atoms with Crippen LogP contribution in [0.25, 0.3) is 0 Å². The Kier molecular flexibility index (Phi) is 2.41. The van der Waals surface area contributed by atoms with E-state index in [1.54, 1.807) is 6.08 Å². The van der Waals surface area contributed by atoms with Gasteiger partial charge in [0.1, 0.15) is 13.2 Å². The molecule has 0 bridgehead atoms. The highest BCUT2D eigenvalue weighted by Gasteiger charge is 2.17. The van der Waals surface area contributed by atoms with E-state index in [2.05, 4.69) is 6.58 Å². The molecule has 0 radical (unpaired) electrons. The Morgan fingerprint density at radius 2 is 2.14 bits per heavy atom. The van der Waals surface area contributed by atoms with Crippen molar-refractivity contribution in [3.05, 3.63) is 36.4 Å². The normalized spacial score (nSPS) is 16.1. The number of benzene rings is 1. The molecule has 74 valence electrons. The Morgan fingerprint density at radius 1 is 1.36 bits per heavy atom. The van der Waals surface area contributed by atoms with Crippen molar-refractivity contribution in [3.63, 3.8) is 0 Å². The van der Waals surface area contributed by atoms with Crippen molar-refractivity contribution in [1.82, 2.24) is 0 Å². The second kappa shape index (κ2) is 3.72. The molecule has 0 spiro atoms. The van der Waals surface area contributed by atoms with Crippen LogP contribution in [0.15, 0.2) is 30.9 Å². The summed E-state index contributed by atoms with van der Waals surface area (Å²) < 4.78 is 11.0. The number of fused-ring (bicyclic) bond motifs is 1. The van der Waals surface area contributed by atoms with Gasteiger partial charge in [0.2, 0.25) is 0 Å². The molecule has 0 aliphatic carbocycles. The first kappa shape index (κ1) is 9.09. The average Bonchev–Trinajstić information content (AvgIpc) is 2.27. The fraction of sp³-hybridized carbons (Fsp3) is 0.273. The van der Waals surface area contributed by atoms with Crippen LogP contribution in [-0.4, -0.2) is 13.2 Å². The molecule has 1 aliphatic rings. The number of hydrogen-bond acceptors (Lipinski definition) is 3. The highest BCUT2D eigenvalue weighted by molar-refractivity contribution is 5.49. The molecular formula is C11H13NO2. The van der Waals surface area contributed by atoms with Crippen molar-refractivity contribution in [3.8, 4) is 11.5 Å². The molecule has 0 saturated heterocycles. The van der Waals surface area contributed by atoms with Gasteiger partial charge in [0.15, 0.2) is 11.5 Å². The van der Waals surface area contributed by atoms with Crippen LogP contribution < -0.4 is 15.2 Å². The molecule has 3 heteroatoms. The van der Waals surface area contributed by atoms with E-state index in [0.717, 1.165) is 17.1 Å². The molecule has 2 N–H and O–H groups in total. The van der Waals surface area contributed by atoms with Crippen LogP contribution in [0.4, 0.5) is 0 Å². The molecule has 1 unspecified atom stereocenters. The van der Waals surface area contributed by atoms with Gasteiger partial charge >= 0.3 is 0 Å². The van der Waals surface area contributed by atoms with Gasteiger partial charge in [-0.05, 0) is 6.07 Å². The maximum absolute atomic E-state index is 5.86. The molecular weight excluding hydrogens is 178 g/mol. The number of para-hydroxylation sites is 1. The predicted octanol–water partition coefficient (Wildman–Crippen LogP) is 1.64. The minimum absolute atomic E-state index is 0.202. The van der Waals surface area contributed by atoms with Crippen LogP contribution in [0.5, 0.6) is 11.5 Å². The molecule has 1 aromatic rings. The molecule has 0 aromatic heterocycles. The third-order valence-corrected chi connectivity index (χ3v) is 2.21. The van der Waals surface area contributed by atoms with Gasteiger partial charge in [-0.3, -0.25) is 0 Å². The lowest BCUT2D eigenvalue weighted by molar-refractivity contribution is 0.169. The Labute approximate surface area is 83.1 Å². The van der Waals surface area contributed by atoms with Crippen molar-refractivity contribution in [1.29, 1.82) is 0 Å². The largest absolute Gasteiger partial charge is 0.486 e. The van der Waals surface area contributed by atoms with Gasteiger partial charge in [0.25, 0.3) is 0 Å². The van der Waals surface area contributed by atoms with Gasteiger partial charge in [0, 0.05) is 5.56 Å². The highest BCUT2D eigenvalue weighted by atomic mass is 16.6. The third kappa shape index (κ3) is 1.46. The Hall–Kier alpha value is -1.48. The summed E-state index contributed by atoms with van der Waals surface area (Å²) in [5.74, 6) is 1.53. The zero-order chi connectivity index (χ0) is 9.97. The van der Waals surface area contributed by atoms with Crippen molar-refractivity contribution >= 4 is 0 Å². The lowest BCUT2D eigenvalue weighted by atomic mass is 10.1. The summed E-state index contributed by atoms with van der Waals surface area (Å²) in [4.78, 5) is 0. The minimum atomic E-state index is -0.202. The summed E-state index contributed by atoms with van der Waals surface area (Å²) in [7, 11) is 0. The summed E-state index contributed by atoms with van der Waals surface area (Å²) in [6.07, 6.45) is 1.69. The van der Waals surface area contributed by atoms with Gasteiger partial charge < -0.3 is 15.2 Å². The van der Waals surface area contributed by atoms with E-state index in [-0.39, 0.29) is 6.04 Å². The smallest absolute Gasteiger partial charge is 0.166 e. The molecule has 3 nitrogen and oxygen atoms in total. The summed E-state index contributed by atoms with van der Waals surface area (Å²) in [6.45, 7) is 4.84. The SMILES string of the molecule is C=CC(N)c1cccc2c1OCCO2. The average molecular weight is 191 g/mol. The van der Waals surface area contributed by atoms with E-state index in [1.807, 2.05) is 18.2 Å². The summed E-state index contributed by atoms with van der Waals surface area (Å²) in [5.41, 5.74) is 6.79. The molecule has 2 rings (SSSR count). The van der Waals surface area contributed by atoms with Gasteiger partial charge in [0.05, 0.1) is 6.04 Å². The van der Waals surface area contributed by atoms with Crippen LogP contribution in [0.2, 0.25) is 0 Å². The fourth-order valence-electron chi connectivity index (χ4n) is 1.49. The van der Waals surface area contributed by atoms with E-state index >= 15 is 0 Å². The minimum Gasteiger partial charge on any atom is -0.486 e. The van der Waals surface area contributed by atoms with E-state index in [0.29, 0.717) is 13.2 Å². The predicted molar refractivity (Wildman–Crippen MR) is 54.6 cm³/mol. The number of ether oxygens (including phenoxy) is 2. The van der Waals surface area contributed by atoms with E-state index in [9.17, 15) is 0 Å². The van der Waals surface area contributed by atoms with Gasteiger partial charge in [-0.2, -0.15) is 0 Å². The van der Waals surface area contributed by atoms with Crippen molar-refractivity contribution in [2.45, 2.75) is 6.04 Å². The first-order chi connectivity index (χ1) is 6.83. The van der Waals surface area contributed by atoms with Gasteiger partial charge in [-0.15, -0.1) is 6.58 Å². The molecule has 0 amide bonds. The molecule has 1 heterocycles. The van der Waals surface area contributed by atoms with Crippen LogP contribution in [0.1, 0.15) is 11.6 Å². The van der Waals surface area contributed by atoms with Crippen molar-refractivity contribution in [2.24, 2.45) is 5.73 Å². The summed E-state index contributed by atoms with van der Waals surface area (Å²) in [6, 6.07) is 5.52. The van der Waals surface area contributed by atoms with Crippen LogP contribution in [-0.2, 0) is 0 Å². The first-order valence-corrected chi connectivity index (χ1v) is 4.59. The van der Waals surface area contributed by atoms with E-state index < -0.39 is 0 Å². The topological polar surface area (TPSA) is 44.5 Å². The van der Waals surface area contributed by atoms with E-state index in [4.69, 9.17) is 15.2 Å². The number of rotatable bonds is 2. The van der Waals surface area contributed by atoms with Crippen LogP contribution in [0, 0.1) is 0 Å². The highest BCUT2D eigenvalue weighted by Crippen LogP contribution is 2.36. The molecule has 14 heavy (non-hydrogen) atoms. The third-order valence-electron chi connectivity index (χ3n) is 2.21. The quantitative estimate of drug-likeness (QED) is 0.723.